The number of nitrogens with zero attached hydrogens (tertiary/aromatic N) is 2. The first-order valence-corrected chi connectivity index (χ1v) is 19.1. The highest BCUT2D eigenvalue weighted by molar-refractivity contribution is 6.31. The van der Waals surface area contributed by atoms with Gasteiger partial charge in [0.05, 0.1) is 18.8 Å². The van der Waals surface area contributed by atoms with E-state index < -0.39 is 36.2 Å². The van der Waals surface area contributed by atoms with E-state index in [0.29, 0.717) is 44.5 Å². The number of rotatable bonds is 20. The number of pyridine rings is 1. The van der Waals surface area contributed by atoms with Crippen LogP contribution in [0.25, 0.3) is 22.3 Å². The third-order valence-corrected chi connectivity index (χ3v) is 10.5. The molecule has 0 spiro atoms. The van der Waals surface area contributed by atoms with Gasteiger partial charge in [-0.25, -0.2) is 0 Å². The van der Waals surface area contributed by atoms with E-state index in [2.05, 4.69) is 40.7 Å². The van der Waals surface area contributed by atoms with Crippen LogP contribution in [-0.4, -0.2) is 74.8 Å². The molecule has 0 saturated carbocycles. The molecule has 0 bridgehead atoms. The maximum absolute atomic E-state index is 11.9. The predicted octanol–water partition coefficient (Wildman–Crippen LogP) is 6.44. The molecular weight excluding hydrogens is 776 g/mol. The van der Waals surface area contributed by atoms with E-state index in [1.54, 1.807) is 24.4 Å². The van der Waals surface area contributed by atoms with Crippen molar-refractivity contribution in [2.45, 2.75) is 58.5 Å². The number of nitriles is 1. The molecule has 2 atom stereocenters. The molecule has 0 aliphatic heterocycles. The van der Waals surface area contributed by atoms with Crippen molar-refractivity contribution < 1.29 is 44.2 Å². The minimum atomic E-state index is -1.60. The first kappa shape index (κ1) is 44.1. The number of benzene rings is 4. The molecule has 59 heavy (non-hydrogen) atoms. The van der Waals surface area contributed by atoms with Crippen molar-refractivity contribution in [2.75, 3.05) is 26.4 Å². The van der Waals surface area contributed by atoms with Gasteiger partial charge in [-0.3, -0.25) is 25.2 Å². The highest BCUT2D eigenvalue weighted by atomic mass is 35.5. The van der Waals surface area contributed by atoms with Gasteiger partial charge in [-0.1, -0.05) is 54.1 Å². The molecule has 13 nitrogen and oxygen atoms in total. The minimum absolute atomic E-state index is 0.0209. The number of aliphatic hydroxyl groups excluding tert-OH is 2. The molecule has 0 unspecified atom stereocenters. The van der Waals surface area contributed by atoms with Crippen LogP contribution in [0.2, 0.25) is 5.02 Å². The minimum Gasteiger partial charge on any atom is -0.492 e. The van der Waals surface area contributed by atoms with E-state index >= 15 is 0 Å². The van der Waals surface area contributed by atoms with E-state index in [9.17, 15) is 35.3 Å². The molecule has 5 rings (SSSR count). The zero-order valence-corrected chi connectivity index (χ0v) is 34.0. The number of carboxylic acid groups (broad SMARTS) is 2. The molecule has 0 fully saturated rings. The normalized spacial score (nSPS) is 13.1. The number of aliphatic carboxylic acids is 2. The first-order chi connectivity index (χ1) is 28.2. The summed E-state index contributed by atoms with van der Waals surface area (Å²) in [4.78, 5) is 27.4. The van der Waals surface area contributed by atoms with Gasteiger partial charge in [-0.15, -0.1) is 0 Å². The fraction of sp³-hybridized carbons (Fsp3) is 0.289. The molecular formula is C45H47ClN4O9. The van der Waals surface area contributed by atoms with Crippen molar-refractivity contribution in [1.29, 1.82) is 5.26 Å². The van der Waals surface area contributed by atoms with E-state index in [1.807, 2.05) is 55.5 Å². The number of halogens is 1. The van der Waals surface area contributed by atoms with Crippen LogP contribution in [0, 0.1) is 25.2 Å². The lowest BCUT2D eigenvalue weighted by Crippen LogP contribution is -2.53. The van der Waals surface area contributed by atoms with Gasteiger partial charge in [-0.05, 0) is 97.5 Å². The zero-order chi connectivity index (χ0) is 42.7. The number of ether oxygens (including phenoxy) is 3. The second-order valence-corrected chi connectivity index (χ2v) is 14.9. The number of carboxylic acids is 2. The second kappa shape index (κ2) is 19.6. The lowest BCUT2D eigenvalue weighted by molar-refractivity contribution is -0.146. The Bertz CT molecular complexity index is 2330. The maximum Gasteiger partial charge on any atom is 0.326 e. The largest absolute Gasteiger partial charge is 0.492 e. The summed E-state index contributed by atoms with van der Waals surface area (Å²) in [6.07, 6.45) is 3.04. The summed E-state index contributed by atoms with van der Waals surface area (Å²) < 4.78 is 18.4. The highest BCUT2D eigenvalue weighted by Crippen LogP contribution is 2.37. The van der Waals surface area contributed by atoms with E-state index in [-0.39, 0.29) is 32.9 Å². The predicted molar refractivity (Wildman–Crippen MR) is 222 cm³/mol. The maximum atomic E-state index is 11.9. The summed E-state index contributed by atoms with van der Waals surface area (Å²) in [6, 6.07) is 26.8. The number of carbonyl (C=O) groups is 2. The van der Waals surface area contributed by atoms with Crippen LogP contribution in [0.4, 0.5) is 0 Å². The van der Waals surface area contributed by atoms with Gasteiger partial charge in [0.1, 0.15) is 54.2 Å². The van der Waals surface area contributed by atoms with Gasteiger partial charge < -0.3 is 34.6 Å². The summed E-state index contributed by atoms with van der Waals surface area (Å²) in [5.74, 6) is -0.674. The molecule has 0 saturated heterocycles. The zero-order valence-electron chi connectivity index (χ0n) is 33.2. The number of hydrogen-bond donors (Lipinski definition) is 6. The SMILES string of the molecule is Cc1c(OCc2cc(OCc3cncc(C#N)c3)c(CN[C@@](C)(CO)C(=O)O)cc2Cl)cccc1-c1cccc(-c2ccc(OCCN[C@@](C)(CO)C(=O)O)cc2)c1C. The second-order valence-electron chi connectivity index (χ2n) is 14.5. The van der Waals surface area contributed by atoms with Crippen molar-refractivity contribution in [1.82, 2.24) is 15.6 Å². The molecule has 6 N–H and O–H groups in total. The molecule has 0 amide bonds. The number of aromatic nitrogens is 1. The lowest BCUT2D eigenvalue weighted by Gasteiger charge is -2.25. The quantitative estimate of drug-likeness (QED) is 0.0469. The van der Waals surface area contributed by atoms with E-state index in [1.165, 1.54) is 20.0 Å². The highest BCUT2D eigenvalue weighted by Gasteiger charge is 2.33. The first-order valence-electron chi connectivity index (χ1n) is 18.7. The Morgan fingerprint density at radius 1 is 0.763 bits per heavy atom. The van der Waals surface area contributed by atoms with Crippen LogP contribution >= 0.6 is 11.6 Å². The standard InChI is InChI=1S/C45H47ClN4O9/c1-28-36(32-11-13-35(14-12-32)57-16-15-49-44(3,26-51)42(53)54)7-5-8-37(28)38-9-6-10-40(29(38)2)59-25-34-19-41(58-24-31-17-30(20-47)21-48-22-31)33(18-39(34)46)23-50-45(4,27-52)43(55)56/h5-14,17-19,21-22,49-52H,15-16,23-27H2,1-4H3,(H,53,54)(H,55,56)/t44-,45-/m0/s1. The Kier molecular flexibility index (Phi) is 14.7. The molecule has 1 aromatic heterocycles. The fourth-order valence-corrected chi connectivity index (χ4v) is 6.42. The Morgan fingerprint density at radius 3 is 2.05 bits per heavy atom. The van der Waals surface area contributed by atoms with Crippen LogP contribution in [0.15, 0.2) is 91.3 Å². The van der Waals surface area contributed by atoms with Crippen molar-refractivity contribution in [3.63, 3.8) is 0 Å². The lowest BCUT2D eigenvalue weighted by atomic mass is 9.90. The van der Waals surface area contributed by atoms with Gasteiger partial charge in [-0.2, -0.15) is 5.26 Å². The molecule has 4 aromatic carbocycles. The molecule has 14 heteroatoms. The Balaban J connectivity index is 1.33. The number of aliphatic hydroxyl groups is 2. The topological polar surface area (TPSA) is 203 Å². The van der Waals surface area contributed by atoms with E-state index in [4.69, 9.17) is 25.8 Å². The van der Waals surface area contributed by atoms with Gasteiger partial charge in [0.15, 0.2) is 0 Å². The summed E-state index contributed by atoms with van der Waals surface area (Å²) >= 11 is 6.79. The molecule has 5 aromatic rings. The molecule has 0 aliphatic carbocycles. The molecule has 308 valence electrons. The van der Waals surface area contributed by atoms with Gasteiger partial charge in [0.25, 0.3) is 0 Å². The number of nitrogens with one attached hydrogen (secondary N) is 2. The summed E-state index contributed by atoms with van der Waals surface area (Å²) in [7, 11) is 0. The summed E-state index contributed by atoms with van der Waals surface area (Å²) in [5, 5.41) is 53.6. The van der Waals surface area contributed by atoms with Gasteiger partial charge >= 0.3 is 11.9 Å². The average molecular weight is 823 g/mol. The Labute approximate surface area is 347 Å². The Morgan fingerprint density at radius 2 is 1.39 bits per heavy atom. The molecule has 1 heterocycles. The van der Waals surface area contributed by atoms with Crippen LogP contribution in [0.5, 0.6) is 17.2 Å². The van der Waals surface area contributed by atoms with Crippen LogP contribution in [0.1, 0.15) is 47.2 Å². The van der Waals surface area contributed by atoms with Crippen molar-refractivity contribution in [2.24, 2.45) is 0 Å². The van der Waals surface area contributed by atoms with Crippen molar-refractivity contribution in [3.05, 3.63) is 130 Å². The smallest absolute Gasteiger partial charge is 0.326 e. The van der Waals surface area contributed by atoms with E-state index in [0.717, 1.165) is 33.4 Å². The molecule has 0 radical (unpaired) electrons. The summed E-state index contributed by atoms with van der Waals surface area (Å²) in [5.41, 5.74) is 5.18. The summed E-state index contributed by atoms with van der Waals surface area (Å²) in [6.45, 7) is 6.31. The van der Waals surface area contributed by atoms with Crippen molar-refractivity contribution in [3.8, 4) is 45.6 Å². The third-order valence-electron chi connectivity index (χ3n) is 10.1. The van der Waals surface area contributed by atoms with Crippen LogP contribution in [0.3, 0.4) is 0 Å². The monoisotopic (exact) mass is 822 g/mol. The number of hydrogen-bond acceptors (Lipinski definition) is 11. The Hall–Kier alpha value is -6.01. The fourth-order valence-electron chi connectivity index (χ4n) is 6.18. The van der Waals surface area contributed by atoms with Gasteiger partial charge in [0, 0.05) is 47.2 Å². The molecule has 0 aliphatic rings. The van der Waals surface area contributed by atoms with Crippen molar-refractivity contribution >= 4 is 23.5 Å². The van der Waals surface area contributed by atoms with Crippen LogP contribution < -0.4 is 24.8 Å². The van der Waals surface area contributed by atoms with Crippen LogP contribution in [-0.2, 0) is 29.3 Å². The van der Waals surface area contributed by atoms with Gasteiger partial charge in [0.2, 0.25) is 0 Å². The average Bonchev–Trinajstić information content (AvgIpc) is 3.24. The third kappa shape index (κ3) is 10.7.